The molecule has 1 amide bonds. The van der Waals surface area contributed by atoms with Crippen molar-refractivity contribution in [2.75, 3.05) is 19.4 Å². The lowest BCUT2D eigenvalue weighted by molar-refractivity contribution is 0.0949. The highest BCUT2D eigenvalue weighted by molar-refractivity contribution is 7.99. The van der Waals surface area contributed by atoms with E-state index in [1.54, 1.807) is 11.8 Å². The van der Waals surface area contributed by atoms with Gasteiger partial charge in [0.15, 0.2) is 0 Å². The summed E-state index contributed by atoms with van der Waals surface area (Å²) in [6.07, 6.45) is 2.84. The van der Waals surface area contributed by atoms with Crippen molar-refractivity contribution < 1.29 is 14.3 Å². The average molecular weight is 295 g/mol. The van der Waals surface area contributed by atoms with Gasteiger partial charge in [-0.1, -0.05) is 18.8 Å². The number of aliphatic hydroxyl groups excluding tert-OH is 1. The minimum Gasteiger partial charge on any atom is -0.384 e. The van der Waals surface area contributed by atoms with Gasteiger partial charge in [0.05, 0.1) is 5.56 Å². The number of thioether (sulfide) groups is 1. The molecule has 108 valence electrons. The summed E-state index contributed by atoms with van der Waals surface area (Å²) >= 11 is 1.72. The molecule has 0 spiro atoms. The third kappa shape index (κ3) is 5.24. The number of rotatable bonds is 5. The van der Waals surface area contributed by atoms with E-state index < -0.39 is 11.7 Å². The van der Waals surface area contributed by atoms with Crippen molar-refractivity contribution in [1.82, 2.24) is 5.32 Å². The second-order valence-corrected chi connectivity index (χ2v) is 5.52. The predicted octanol–water partition coefficient (Wildman–Crippen LogP) is 2.04. The van der Waals surface area contributed by atoms with Crippen LogP contribution in [-0.4, -0.2) is 35.7 Å². The van der Waals surface area contributed by atoms with E-state index >= 15 is 0 Å². The molecule has 1 unspecified atom stereocenters. The molecule has 2 N–H and O–H groups in total. The van der Waals surface area contributed by atoms with Gasteiger partial charge in [0, 0.05) is 17.4 Å². The Labute approximate surface area is 123 Å². The lowest BCUT2D eigenvalue weighted by Gasteiger charge is -2.09. The van der Waals surface area contributed by atoms with Crippen LogP contribution in [0.15, 0.2) is 18.2 Å². The van der Waals surface area contributed by atoms with E-state index in [1.807, 2.05) is 6.26 Å². The van der Waals surface area contributed by atoms with E-state index in [4.69, 9.17) is 5.11 Å². The van der Waals surface area contributed by atoms with Gasteiger partial charge >= 0.3 is 0 Å². The molecule has 0 aliphatic heterocycles. The summed E-state index contributed by atoms with van der Waals surface area (Å²) in [6, 6.07) is 4.08. The number of benzene rings is 1. The zero-order valence-electron chi connectivity index (χ0n) is 11.6. The van der Waals surface area contributed by atoms with Crippen LogP contribution in [0.25, 0.3) is 0 Å². The zero-order chi connectivity index (χ0) is 15.0. The molecule has 1 aromatic rings. The first-order chi connectivity index (χ1) is 9.58. The van der Waals surface area contributed by atoms with Crippen LogP contribution >= 0.6 is 11.8 Å². The molecule has 0 aliphatic rings. The van der Waals surface area contributed by atoms with E-state index in [0.29, 0.717) is 17.4 Å². The van der Waals surface area contributed by atoms with Gasteiger partial charge in [-0.3, -0.25) is 4.79 Å². The second kappa shape index (κ2) is 8.62. The molecule has 0 saturated carbocycles. The molecule has 1 rings (SSSR count). The standard InChI is InChI=1S/C15H18FNO2S/c1-11(20-2)7-8-17-15(19)13-10-12(4-3-9-18)5-6-14(13)16/h5-6,10-11,18H,7-9H2,1-2H3,(H,17,19). The van der Waals surface area contributed by atoms with Gasteiger partial charge in [-0.2, -0.15) is 11.8 Å². The van der Waals surface area contributed by atoms with Crippen LogP contribution in [0, 0.1) is 17.7 Å². The Morgan fingerprint density at radius 2 is 2.30 bits per heavy atom. The normalized spacial score (nSPS) is 11.4. The number of carbonyl (C=O) groups is 1. The van der Waals surface area contributed by atoms with Crippen LogP contribution < -0.4 is 5.32 Å². The molecule has 1 atom stereocenters. The lowest BCUT2D eigenvalue weighted by Crippen LogP contribution is -2.26. The smallest absolute Gasteiger partial charge is 0.254 e. The van der Waals surface area contributed by atoms with Crippen molar-refractivity contribution in [3.8, 4) is 11.8 Å². The first-order valence-electron chi connectivity index (χ1n) is 6.28. The number of aliphatic hydroxyl groups is 1. The summed E-state index contributed by atoms with van der Waals surface area (Å²) in [5.74, 6) is 4.10. The summed E-state index contributed by atoms with van der Waals surface area (Å²) in [6.45, 7) is 2.31. The first kappa shape index (κ1) is 16.5. The van der Waals surface area contributed by atoms with Gasteiger partial charge in [-0.05, 0) is 30.9 Å². The van der Waals surface area contributed by atoms with Gasteiger partial charge in [-0.25, -0.2) is 4.39 Å². The molecule has 5 heteroatoms. The van der Waals surface area contributed by atoms with Crippen molar-refractivity contribution in [2.45, 2.75) is 18.6 Å². The van der Waals surface area contributed by atoms with Crippen LogP contribution in [-0.2, 0) is 0 Å². The Morgan fingerprint density at radius 1 is 1.55 bits per heavy atom. The monoisotopic (exact) mass is 295 g/mol. The zero-order valence-corrected chi connectivity index (χ0v) is 12.4. The van der Waals surface area contributed by atoms with Gasteiger partial charge in [-0.15, -0.1) is 0 Å². The Morgan fingerprint density at radius 3 is 2.95 bits per heavy atom. The maximum Gasteiger partial charge on any atom is 0.254 e. The van der Waals surface area contributed by atoms with Crippen molar-refractivity contribution in [2.24, 2.45) is 0 Å². The summed E-state index contributed by atoms with van der Waals surface area (Å²) in [5, 5.41) is 11.8. The second-order valence-electron chi connectivity index (χ2n) is 4.25. The van der Waals surface area contributed by atoms with Crippen LogP contribution in [0.3, 0.4) is 0 Å². The minimum absolute atomic E-state index is 0.0217. The van der Waals surface area contributed by atoms with Crippen LogP contribution in [0.1, 0.15) is 29.3 Å². The Balaban J connectivity index is 2.71. The summed E-state index contributed by atoms with van der Waals surface area (Å²) in [7, 11) is 0. The number of carbonyl (C=O) groups excluding carboxylic acids is 1. The fourth-order valence-electron chi connectivity index (χ4n) is 1.52. The molecule has 0 aromatic heterocycles. The highest BCUT2D eigenvalue weighted by Crippen LogP contribution is 2.11. The van der Waals surface area contributed by atoms with Crippen LogP contribution in [0.2, 0.25) is 0 Å². The van der Waals surface area contributed by atoms with Crippen LogP contribution in [0.5, 0.6) is 0 Å². The molecular formula is C15H18FNO2S. The summed E-state index contributed by atoms with van der Waals surface area (Å²) in [5.41, 5.74) is 0.481. The van der Waals surface area contributed by atoms with Crippen molar-refractivity contribution in [3.05, 3.63) is 35.1 Å². The summed E-state index contributed by atoms with van der Waals surface area (Å²) in [4.78, 5) is 11.9. The third-order valence-electron chi connectivity index (χ3n) is 2.76. The highest BCUT2D eigenvalue weighted by atomic mass is 32.2. The van der Waals surface area contributed by atoms with Gasteiger partial charge in [0.1, 0.15) is 12.4 Å². The molecule has 0 aliphatic carbocycles. The average Bonchev–Trinajstić information content (AvgIpc) is 2.45. The van der Waals surface area contributed by atoms with E-state index in [9.17, 15) is 9.18 Å². The largest absolute Gasteiger partial charge is 0.384 e. The third-order valence-corrected chi connectivity index (χ3v) is 3.80. The Hall–Kier alpha value is -1.51. The van der Waals surface area contributed by atoms with E-state index in [0.717, 1.165) is 6.42 Å². The minimum atomic E-state index is -0.574. The molecule has 0 saturated heterocycles. The van der Waals surface area contributed by atoms with E-state index in [-0.39, 0.29) is 12.2 Å². The van der Waals surface area contributed by atoms with Crippen molar-refractivity contribution in [3.63, 3.8) is 0 Å². The Kier molecular flexibility index (Phi) is 7.13. The maximum absolute atomic E-state index is 13.6. The fraction of sp³-hybridized carbons (Fsp3) is 0.400. The number of hydrogen-bond acceptors (Lipinski definition) is 3. The van der Waals surface area contributed by atoms with E-state index in [2.05, 4.69) is 24.1 Å². The fourth-order valence-corrected chi connectivity index (χ4v) is 1.87. The quantitative estimate of drug-likeness (QED) is 0.817. The number of nitrogens with one attached hydrogen (secondary N) is 1. The molecule has 0 bridgehead atoms. The number of halogens is 1. The predicted molar refractivity (Wildman–Crippen MR) is 80.3 cm³/mol. The van der Waals surface area contributed by atoms with Crippen LogP contribution in [0.4, 0.5) is 4.39 Å². The van der Waals surface area contributed by atoms with Gasteiger partial charge in [0.25, 0.3) is 5.91 Å². The van der Waals surface area contributed by atoms with Crippen molar-refractivity contribution in [1.29, 1.82) is 0 Å². The molecule has 0 fully saturated rings. The first-order valence-corrected chi connectivity index (χ1v) is 7.57. The highest BCUT2D eigenvalue weighted by Gasteiger charge is 2.12. The molecule has 1 aromatic carbocycles. The topological polar surface area (TPSA) is 49.3 Å². The SMILES string of the molecule is CSC(C)CCNC(=O)c1cc(C#CCO)ccc1F. The number of hydrogen-bond donors (Lipinski definition) is 2. The lowest BCUT2D eigenvalue weighted by atomic mass is 10.1. The van der Waals surface area contributed by atoms with Crippen molar-refractivity contribution >= 4 is 17.7 Å². The maximum atomic E-state index is 13.6. The summed E-state index contributed by atoms with van der Waals surface area (Å²) < 4.78 is 13.6. The van der Waals surface area contributed by atoms with Gasteiger partial charge in [0.2, 0.25) is 0 Å². The molecule has 0 radical (unpaired) electrons. The van der Waals surface area contributed by atoms with E-state index in [1.165, 1.54) is 18.2 Å². The molecule has 20 heavy (non-hydrogen) atoms. The van der Waals surface area contributed by atoms with Gasteiger partial charge < -0.3 is 10.4 Å². The molecule has 3 nitrogen and oxygen atoms in total. The number of amides is 1. The Bertz CT molecular complexity index is 522. The molecule has 0 heterocycles. The molecular weight excluding hydrogens is 277 g/mol.